The summed E-state index contributed by atoms with van der Waals surface area (Å²) in [6.45, 7) is 3.16. The first-order chi connectivity index (χ1) is 4.48. The molecule has 10 heavy (non-hydrogen) atoms. The van der Waals surface area contributed by atoms with E-state index in [0.29, 0.717) is 0 Å². The van der Waals surface area contributed by atoms with Crippen LogP contribution in [0.25, 0.3) is 0 Å². The van der Waals surface area contributed by atoms with E-state index in [2.05, 4.69) is 10.9 Å². The van der Waals surface area contributed by atoms with Crippen LogP contribution in [-0.4, -0.2) is 15.9 Å². The maximum Gasteiger partial charge on any atom is 0.703 e. The number of allylic oxidation sites excluding steroid dienone is 1. The van der Waals surface area contributed by atoms with Crippen LogP contribution in [0, 0.1) is 0 Å². The second kappa shape index (κ2) is 3.96. The first-order valence-electron chi connectivity index (χ1n) is 2.26. The molecule has 7 heteroatoms. The van der Waals surface area contributed by atoms with Crippen LogP contribution in [0.2, 0.25) is 0 Å². The van der Waals surface area contributed by atoms with E-state index in [1.165, 1.54) is 0 Å². The van der Waals surface area contributed by atoms with Crippen molar-refractivity contribution < 1.29 is 23.2 Å². The van der Waals surface area contributed by atoms with E-state index in [4.69, 9.17) is 9.79 Å². The van der Waals surface area contributed by atoms with Gasteiger partial charge < -0.3 is 4.89 Å². The fourth-order valence-electron chi connectivity index (χ4n) is 0.306. The van der Waals surface area contributed by atoms with Crippen molar-refractivity contribution in [1.29, 1.82) is 0 Å². The molecule has 0 radical (unpaired) electrons. The Morgan fingerprint density at radius 1 is 1.80 bits per heavy atom. The Morgan fingerprint density at radius 2 is 2.30 bits per heavy atom. The molecule has 0 aliphatic rings. The average Bonchev–Trinajstić information content (AvgIpc) is 1.59. The standard InChI is InChI=1S/C3H6O5P2/c1-2-3-10(6,7)8-9(4)5/h2H,1,3H2,(H-,4,5,6,7)/p+1. The lowest BCUT2D eigenvalue weighted by Gasteiger charge is -1.95. The molecule has 2 N–H and O–H groups in total. The summed E-state index contributed by atoms with van der Waals surface area (Å²) in [6.07, 6.45) is 0.814. The van der Waals surface area contributed by atoms with Crippen molar-refractivity contribution in [3.8, 4) is 0 Å². The summed E-state index contributed by atoms with van der Waals surface area (Å²) in [7, 11) is -6.91. The Labute approximate surface area is 58.8 Å². The summed E-state index contributed by atoms with van der Waals surface area (Å²) >= 11 is 0. The van der Waals surface area contributed by atoms with Crippen LogP contribution in [0.5, 0.6) is 0 Å². The van der Waals surface area contributed by atoms with Gasteiger partial charge in [-0.3, -0.25) is 4.57 Å². The van der Waals surface area contributed by atoms with Gasteiger partial charge in [-0.05, 0) is 4.31 Å². The highest BCUT2D eigenvalue weighted by atomic mass is 31.2. The van der Waals surface area contributed by atoms with Gasteiger partial charge in [0.05, 0.1) is 6.16 Å². The molecule has 0 amide bonds. The molecular weight excluding hydrogens is 178 g/mol. The first kappa shape index (κ1) is 9.95. The smallest absolute Gasteiger partial charge is 0.321 e. The van der Waals surface area contributed by atoms with Crippen LogP contribution < -0.4 is 0 Å². The molecular formula is C3H7O5P2+. The molecule has 2 unspecified atom stereocenters. The molecule has 0 fully saturated rings. The highest BCUT2D eigenvalue weighted by Crippen LogP contribution is 2.49. The zero-order valence-corrected chi connectivity index (χ0v) is 6.79. The van der Waals surface area contributed by atoms with E-state index in [9.17, 15) is 9.13 Å². The topological polar surface area (TPSA) is 83.8 Å². The first-order valence-corrected chi connectivity index (χ1v) is 5.16. The van der Waals surface area contributed by atoms with Gasteiger partial charge in [0.25, 0.3) is 0 Å². The van der Waals surface area contributed by atoms with E-state index in [1.54, 1.807) is 0 Å². The van der Waals surface area contributed by atoms with Crippen molar-refractivity contribution in [2.24, 2.45) is 0 Å². The molecule has 0 aliphatic heterocycles. The minimum atomic E-state index is -3.90. The van der Waals surface area contributed by atoms with Crippen LogP contribution in [0.1, 0.15) is 0 Å². The van der Waals surface area contributed by atoms with E-state index in [-0.39, 0.29) is 6.16 Å². The largest absolute Gasteiger partial charge is 0.703 e. The zero-order chi connectivity index (χ0) is 8.20. The van der Waals surface area contributed by atoms with Gasteiger partial charge in [0, 0.05) is 4.57 Å². The summed E-state index contributed by atoms with van der Waals surface area (Å²) in [4.78, 5) is 16.6. The molecule has 0 saturated heterocycles. The Hall–Kier alpha value is -0.0500. The third-order valence-corrected chi connectivity index (χ3v) is 2.86. The van der Waals surface area contributed by atoms with Crippen molar-refractivity contribution in [2.75, 3.05) is 6.16 Å². The maximum absolute atomic E-state index is 10.5. The van der Waals surface area contributed by atoms with E-state index in [0.717, 1.165) is 6.08 Å². The number of hydrogen-bond acceptors (Lipinski definition) is 3. The van der Waals surface area contributed by atoms with Crippen molar-refractivity contribution >= 4 is 15.9 Å². The summed E-state index contributed by atoms with van der Waals surface area (Å²) in [5.74, 6) is 0. The highest BCUT2D eigenvalue weighted by Gasteiger charge is 2.30. The molecule has 0 aliphatic carbocycles. The van der Waals surface area contributed by atoms with Gasteiger partial charge in [-0.25, -0.2) is 0 Å². The Morgan fingerprint density at radius 3 is 2.60 bits per heavy atom. The molecule has 5 nitrogen and oxygen atoms in total. The lowest BCUT2D eigenvalue weighted by molar-refractivity contribution is 0.353. The average molecular weight is 185 g/mol. The van der Waals surface area contributed by atoms with Crippen LogP contribution >= 0.6 is 15.9 Å². The van der Waals surface area contributed by atoms with E-state index >= 15 is 0 Å². The molecule has 0 bridgehead atoms. The van der Waals surface area contributed by atoms with Crippen LogP contribution in [-0.2, 0) is 13.4 Å². The molecule has 0 aromatic heterocycles. The van der Waals surface area contributed by atoms with Crippen molar-refractivity contribution in [3.63, 3.8) is 0 Å². The third-order valence-electron chi connectivity index (χ3n) is 0.557. The quantitative estimate of drug-likeness (QED) is 0.504. The summed E-state index contributed by atoms with van der Waals surface area (Å²) in [6, 6.07) is 0. The molecule has 0 spiro atoms. The molecule has 0 heterocycles. The van der Waals surface area contributed by atoms with Gasteiger partial charge in [-0.2, -0.15) is 0 Å². The predicted octanol–water partition coefficient (Wildman–Crippen LogP) is 1.02. The third kappa shape index (κ3) is 4.79. The second-order valence-corrected chi connectivity index (χ2v) is 4.20. The van der Waals surface area contributed by atoms with Crippen molar-refractivity contribution in [3.05, 3.63) is 12.7 Å². The SMILES string of the molecule is C=CCP(=O)(O)O[P+](=O)O. The van der Waals surface area contributed by atoms with E-state index in [1.807, 2.05) is 0 Å². The summed E-state index contributed by atoms with van der Waals surface area (Å²) in [5.41, 5.74) is 0. The van der Waals surface area contributed by atoms with Gasteiger partial charge in [0.1, 0.15) is 0 Å². The van der Waals surface area contributed by atoms with Crippen LogP contribution in [0.15, 0.2) is 12.7 Å². The summed E-state index contributed by atoms with van der Waals surface area (Å²) < 4.78 is 24.2. The Bertz CT molecular complexity index is 187. The van der Waals surface area contributed by atoms with Crippen LogP contribution in [0.4, 0.5) is 0 Å². The number of hydrogen-bond donors (Lipinski definition) is 2. The van der Waals surface area contributed by atoms with Gasteiger partial charge in [0.15, 0.2) is 0 Å². The Kier molecular flexibility index (Phi) is 3.94. The molecule has 0 aromatic carbocycles. The monoisotopic (exact) mass is 185 g/mol. The van der Waals surface area contributed by atoms with Crippen molar-refractivity contribution in [2.45, 2.75) is 0 Å². The fraction of sp³-hybridized carbons (Fsp3) is 0.333. The summed E-state index contributed by atoms with van der Waals surface area (Å²) in [5, 5.41) is 0. The molecule has 0 rings (SSSR count). The zero-order valence-electron chi connectivity index (χ0n) is 5.01. The van der Waals surface area contributed by atoms with Crippen LogP contribution in [0.3, 0.4) is 0 Å². The maximum atomic E-state index is 10.5. The normalized spacial score (nSPS) is 17.6. The molecule has 2 atom stereocenters. The minimum Gasteiger partial charge on any atom is -0.321 e. The van der Waals surface area contributed by atoms with E-state index < -0.39 is 15.9 Å². The molecule has 0 aromatic rings. The minimum absolute atomic E-state index is 0.325. The van der Waals surface area contributed by atoms with Gasteiger partial charge in [0.2, 0.25) is 0 Å². The van der Waals surface area contributed by atoms with Gasteiger partial charge >= 0.3 is 15.9 Å². The van der Waals surface area contributed by atoms with Gasteiger partial charge in [-0.1, -0.05) is 6.08 Å². The second-order valence-electron chi connectivity index (χ2n) is 1.43. The predicted molar refractivity (Wildman–Crippen MR) is 35.8 cm³/mol. The fourth-order valence-corrected chi connectivity index (χ4v) is 1.77. The molecule has 58 valence electrons. The Balaban J connectivity index is 3.99. The van der Waals surface area contributed by atoms with Gasteiger partial charge in [-0.15, -0.1) is 11.5 Å². The molecule has 0 saturated carbocycles. The lowest BCUT2D eigenvalue weighted by Crippen LogP contribution is -1.84. The van der Waals surface area contributed by atoms with Crippen molar-refractivity contribution in [1.82, 2.24) is 0 Å². The highest BCUT2D eigenvalue weighted by molar-refractivity contribution is 7.59. The lowest BCUT2D eigenvalue weighted by atomic mass is 10.8. The number of rotatable bonds is 4.